The van der Waals surface area contributed by atoms with E-state index in [1.54, 1.807) is 9.25 Å². The summed E-state index contributed by atoms with van der Waals surface area (Å²) in [6, 6.07) is 1.83. The van der Waals surface area contributed by atoms with E-state index in [0.717, 1.165) is 50.7 Å². The average Bonchev–Trinajstić information content (AvgIpc) is 3.27. The maximum absolute atomic E-state index is 12.7. The lowest BCUT2D eigenvalue weighted by atomic mass is 10.1. The molecule has 0 bridgehead atoms. The van der Waals surface area contributed by atoms with Crippen LogP contribution in [0.2, 0.25) is 0 Å². The molecule has 170 valence electrons. The summed E-state index contributed by atoms with van der Waals surface area (Å²) in [5.74, 6) is 2.01. The zero-order valence-electron chi connectivity index (χ0n) is 18.5. The molecule has 1 N–H and O–H groups in total. The van der Waals surface area contributed by atoms with Gasteiger partial charge in [-0.25, -0.2) is 9.48 Å². The lowest BCUT2D eigenvalue weighted by Crippen LogP contribution is -2.36. The predicted octanol–water partition coefficient (Wildman–Crippen LogP) is 1.65. The number of carbonyl (C=O) groups excluding carboxylic acids is 1. The maximum atomic E-state index is 12.7. The zero-order chi connectivity index (χ0) is 21.8. The van der Waals surface area contributed by atoms with Gasteiger partial charge in [0, 0.05) is 38.6 Å². The molecule has 2 aromatic rings. The fourth-order valence-corrected chi connectivity index (χ4v) is 4.13. The van der Waals surface area contributed by atoms with E-state index in [4.69, 9.17) is 9.15 Å². The van der Waals surface area contributed by atoms with Gasteiger partial charge in [-0.2, -0.15) is 5.10 Å². The third kappa shape index (κ3) is 5.46. The number of aryl methyl sites for hydroxylation is 2. The van der Waals surface area contributed by atoms with Crippen LogP contribution < -0.4 is 11.0 Å². The van der Waals surface area contributed by atoms with Crippen LogP contribution in [-0.2, 0) is 30.8 Å². The number of nitrogens with one attached hydrogen (secondary N) is 1. The zero-order valence-corrected chi connectivity index (χ0v) is 18.5. The fraction of sp³-hybridized carbons (Fsp3) is 0.682. The molecule has 1 saturated heterocycles. The molecule has 1 amide bonds. The van der Waals surface area contributed by atoms with Crippen LogP contribution in [0.1, 0.15) is 55.1 Å². The second kappa shape index (κ2) is 9.82. The molecular formula is C22H33N5O4. The molecule has 4 rings (SSSR count). The van der Waals surface area contributed by atoms with Crippen molar-refractivity contribution in [3.63, 3.8) is 0 Å². The first kappa shape index (κ1) is 21.8. The highest BCUT2D eigenvalue weighted by atomic mass is 16.5. The van der Waals surface area contributed by atoms with Gasteiger partial charge in [0.2, 0.25) is 0 Å². The SMILES string of the molecule is CC(C)CCn1nc2n(c1=O)CCC(NC(=O)c1coc(CN3CCOCC3)c1)CC2. The van der Waals surface area contributed by atoms with Gasteiger partial charge in [-0.3, -0.25) is 14.3 Å². The highest BCUT2D eigenvalue weighted by Gasteiger charge is 2.23. The molecule has 9 nitrogen and oxygen atoms in total. The summed E-state index contributed by atoms with van der Waals surface area (Å²) in [4.78, 5) is 27.6. The van der Waals surface area contributed by atoms with Crippen LogP contribution in [0.5, 0.6) is 0 Å². The third-order valence-corrected chi connectivity index (χ3v) is 6.07. The van der Waals surface area contributed by atoms with E-state index in [0.29, 0.717) is 44.0 Å². The number of ether oxygens (including phenoxy) is 1. The Labute approximate surface area is 182 Å². The number of aromatic nitrogens is 3. The Morgan fingerprint density at radius 2 is 2.06 bits per heavy atom. The minimum Gasteiger partial charge on any atom is -0.467 e. The molecule has 4 heterocycles. The van der Waals surface area contributed by atoms with Crippen molar-refractivity contribution in [2.45, 2.75) is 65.2 Å². The average molecular weight is 432 g/mol. The Morgan fingerprint density at radius 3 is 2.84 bits per heavy atom. The van der Waals surface area contributed by atoms with Gasteiger partial charge in [0.05, 0.1) is 25.3 Å². The largest absolute Gasteiger partial charge is 0.467 e. The van der Waals surface area contributed by atoms with Crippen LogP contribution in [0.4, 0.5) is 0 Å². The molecule has 0 saturated carbocycles. The summed E-state index contributed by atoms with van der Waals surface area (Å²) >= 11 is 0. The van der Waals surface area contributed by atoms with Crippen molar-refractivity contribution in [2.24, 2.45) is 5.92 Å². The van der Waals surface area contributed by atoms with E-state index in [1.807, 2.05) is 6.07 Å². The van der Waals surface area contributed by atoms with Crippen LogP contribution in [0.3, 0.4) is 0 Å². The molecule has 0 radical (unpaired) electrons. The van der Waals surface area contributed by atoms with Crippen LogP contribution in [-0.4, -0.2) is 57.5 Å². The molecule has 0 aliphatic carbocycles. The topological polar surface area (TPSA) is 94.5 Å². The number of hydrogen-bond acceptors (Lipinski definition) is 6. The molecule has 2 aliphatic heterocycles. The van der Waals surface area contributed by atoms with Crippen LogP contribution in [0, 0.1) is 5.92 Å². The number of hydrogen-bond donors (Lipinski definition) is 1. The second-order valence-corrected chi connectivity index (χ2v) is 8.94. The molecule has 1 fully saturated rings. The molecule has 0 spiro atoms. The van der Waals surface area contributed by atoms with Crippen LogP contribution in [0.25, 0.3) is 0 Å². The summed E-state index contributed by atoms with van der Waals surface area (Å²) < 4.78 is 14.3. The first-order valence-electron chi connectivity index (χ1n) is 11.3. The summed E-state index contributed by atoms with van der Waals surface area (Å²) in [6.45, 7) is 9.42. The van der Waals surface area contributed by atoms with Gasteiger partial charge in [-0.05, 0) is 31.2 Å². The van der Waals surface area contributed by atoms with Crippen LogP contribution >= 0.6 is 0 Å². The predicted molar refractivity (Wildman–Crippen MR) is 115 cm³/mol. The van der Waals surface area contributed by atoms with Crippen molar-refractivity contribution in [3.8, 4) is 0 Å². The molecule has 2 aromatic heterocycles. The van der Waals surface area contributed by atoms with E-state index < -0.39 is 0 Å². The van der Waals surface area contributed by atoms with E-state index >= 15 is 0 Å². The summed E-state index contributed by atoms with van der Waals surface area (Å²) in [5, 5.41) is 7.65. The van der Waals surface area contributed by atoms with Gasteiger partial charge in [-0.1, -0.05) is 13.8 Å². The fourth-order valence-electron chi connectivity index (χ4n) is 4.13. The number of carbonyl (C=O) groups is 1. The summed E-state index contributed by atoms with van der Waals surface area (Å²) in [7, 11) is 0. The molecule has 1 atom stereocenters. The van der Waals surface area contributed by atoms with Gasteiger partial charge in [0.25, 0.3) is 5.91 Å². The van der Waals surface area contributed by atoms with E-state index in [9.17, 15) is 9.59 Å². The smallest absolute Gasteiger partial charge is 0.345 e. The maximum Gasteiger partial charge on any atom is 0.345 e. The van der Waals surface area contributed by atoms with Gasteiger partial charge < -0.3 is 14.5 Å². The minimum absolute atomic E-state index is 0.00954. The number of fused-ring (bicyclic) bond motifs is 1. The lowest BCUT2D eigenvalue weighted by molar-refractivity contribution is 0.0313. The highest BCUT2D eigenvalue weighted by molar-refractivity contribution is 5.94. The molecule has 9 heteroatoms. The summed E-state index contributed by atoms with van der Waals surface area (Å²) in [5.41, 5.74) is 0.506. The molecule has 31 heavy (non-hydrogen) atoms. The first-order valence-corrected chi connectivity index (χ1v) is 11.3. The third-order valence-electron chi connectivity index (χ3n) is 6.07. The Bertz CT molecular complexity index is 938. The van der Waals surface area contributed by atoms with Crippen molar-refractivity contribution < 1.29 is 13.9 Å². The summed E-state index contributed by atoms with van der Waals surface area (Å²) in [6.07, 6.45) is 4.63. The van der Waals surface area contributed by atoms with Gasteiger partial charge in [-0.15, -0.1) is 0 Å². The van der Waals surface area contributed by atoms with E-state index in [-0.39, 0.29) is 17.6 Å². The monoisotopic (exact) mass is 431 g/mol. The standard InChI is InChI=1S/C22H33N5O4/c1-16(2)5-8-27-22(29)26-7-6-18(3-4-20(26)24-27)23-21(28)17-13-19(31-15-17)14-25-9-11-30-12-10-25/h13,15-16,18H,3-12,14H2,1-2H3,(H,23,28). The Kier molecular flexibility index (Phi) is 6.92. The van der Waals surface area contributed by atoms with Crippen molar-refractivity contribution in [1.82, 2.24) is 24.6 Å². The first-order chi connectivity index (χ1) is 15.0. The second-order valence-electron chi connectivity index (χ2n) is 8.94. The highest BCUT2D eigenvalue weighted by Crippen LogP contribution is 2.15. The van der Waals surface area contributed by atoms with Gasteiger partial charge in [0.1, 0.15) is 17.8 Å². The molecular weight excluding hydrogens is 398 g/mol. The lowest BCUT2D eigenvalue weighted by Gasteiger charge is -2.25. The number of amides is 1. The van der Waals surface area contributed by atoms with Crippen LogP contribution in [0.15, 0.2) is 21.5 Å². The Hall–Kier alpha value is -2.39. The quantitative estimate of drug-likeness (QED) is 0.716. The minimum atomic E-state index is -0.129. The number of morpholine rings is 1. The van der Waals surface area contributed by atoms with Crippen molar-refractivity contribution in [1.29, 1.82) is 0 Å². The van der Waals surface area contributed by atoms with Crippen molar-refractivity contribution >= 4 is 5.91 Å². The van der Waals surface area contributed by atoms with Crippen molar-refractivity contribution in [3.05, 3.63) is 40.0 Å². The van der Waals surface area contributed by atoms with Crippen molar-refractivity contribution in [2.75, 3.05) is 26.3 Å². The normalized spacial score (nSPS) is 19.9. The Morgan fingerprint density at radius 1 is 1.26 bits per heavy atom. The van der Waals surface area contributed by atoms with E-state index in [2.05, 4.69) is 29.2 Å². The molecule has 2 aliphatic rings. The number of nitrogens with zero attached hydrogens (tertiary/aromatic N) is 4. The molecule has 1 unspecified atom stereocenters. The number of furan rings is 1. The van der Waals surface area contributed by atoms with E-state index in [1.165, 1.54) is 6.26 Å². The number of rotatable bonds is 7. The molecule has 0 aromatic carbocycles. The van der Waals surface area contributed by atoms with Gasteiger partial charge in [0.15, 0.2) is 0 Å². The Balaban J connectivity index is 1.31. The van der Waals surface area contributed by atoms with Gasteiger partial charge >= 0.3 is 5.69 Å².